The third kappa shape index (κ3) is 2.39. The maximum Gasteiger partial charge on any atom is 0.349 e. The van der Waals surface area contributed by atoms with Crippen molar-refractivity contribution in [1.29, 1.82) is 0 Å². The van der Waals surface area contributed by atoms with Crippen LogP contribution >= 0.6 is 0 Å². The van der Waals surface area contributed by atoms with Gasteiger partial charge in [0.1, 0.15) is 0 Å². The van der Waals surface area contributed by atoms with Gasteiger partial charge in [-0.1, -0.05) is 6.92 Å². The summed E-state index contributed by atoms with van der Waals surface area (Å²) in [5.41, 5.74) is 0. The number of carbonyl (C=O) groups is 1. The minimum Gasteiger partial charge on any atom is -0.379 e. The van der Waals surface area contributed by atoms with Crippen molar-refractivity contribution < 1.29 is 9.26 Å². The molecule has 0 aliphatic rings. The van der Waals surface area contributed by atoms with Crippen LogP contribution in [0.15, 0.2) is 0 Å². The maximum atomic E-state index is 10.3. The third-order valence-electron chi connectivity index (χ3n) is 0.714. The summed E-state index contributed by atoms with van der Waals surface area (Å²) in [7, 11) is -1.83. The Bertz CT molecular complexity index is 97.9. The molecule has 0 N–H and O–H groups in total. The molecule has 2 nitrogen and oxygen atoms in total. The van der Waals surface area contributed by atoms with E-state index in [9.17, 15) is 9.26 Å². The van der Waals surface area contributed by atoms with Gasteiger partial charge in [-0.25, -0.2) is 0 Å². The number of rotatable bonds is 2. The zero-order valence-corrected chi connectivity index (χ0v) is 5.52. The highest BCUT2D eigenvalue weighted by Crippen LogP contribution is 1.78. The molecule has 0 aliphatic carbocycles. The van der Waals surface area contributed by atoms with Crippen LogP contribution in [0.2, 0.25) is 6.04 Å². The SMILES string of the molecule is CC[Si](=O)C(C)=O. The van der Waals surface area contributed by atoms with E-state index in [0.717, 1.165) is 0 Å². The third-order valence-corrected chi connectivity index (χ3v) is 2.14. The Kier molecular flexibility index (Phi) is 2.67. The van der Waals surface area contributed by atoms with Gasteiger partial charge in [-0.3, -0.25) is 4.79 Å². The maximum absolute atomic E-state index is 10.3. The molecule has 0 aromatic heterocycles. The Morgan fingerprint density at radius 2 is 2.14 bits per heavy atom. The lowest BCUT2D eigenvalue weighted by molar-refractivity contribution is -0.110. The van der Waals surface area contributed by atoms with Crippen LogP contribution in [0.5, 0.6) is 0 Å². The Balaban J connectivity index is 3.58. The van der Waals surface area contributed by atoms with E-state index in [-0.39, 0.29) is 5.41 Å². The van der Waals surface area contributed by atoms with E-state index >= 15 is 0 Å². The first-order chi connectivity index (χ1) is 3.18. The van der Waals surface area contributed by atoms with Crippen molar-refractivity contribution in [3.05, 3.63) is 0 Å². The average Bonchev–Trinajstić information content (AvgIpc) is 1.65. The van der Waals surface area contributed by atoms with Gasteiger partial charge < -0.3 is 4.46 Å². The summed E-state index contributed by atoms with van der Waals surface area (Å²) in [4.78, 5) is 10.1. The molecule has 0 fully saturated rings. The van der Waals surface area contributed by atoms with Crippen LogP contribution in [-0.4, -0.2) is 14.1 Å². The molecule has 0 saturated carbocycles. The molecule has 0 saturated heterocycles. The highest BCUT2D eigenvalue weighted by molar-refractivity contribution is 6.78. The van der Waals surface area contributed by atoms with E-state index < -0.39 is 8.68 Å². The summed E-state index contributed by atoms with van der Waals surface area (Å²) in [5, 5.41) is -0.160. The first-order valence-corrected chi connectivity index (χ1v) is 3.83. The van der Waals surface area contributed by atoms with Crippen molar-refractivity contribution in [3.63, 3.8) is 0 Å². The van der Waals surface area contributed by atoms with Gasteiger partial charge in [0.15, 0.2) is 5.41 Å². The molecule has 0 unspecified atom stereocenters. The van der Waals surface area contributed by atoms with Gasteiger partial charge in [0, 0.05) is 0 Å². The van der Waals surface area contributed by atoms with Gasteiger partial charge >= 0.3 is 8.68 Å². The summed E-state index contributed by atoms with van der Waals surface area (Å²) in [6.07, 6.45) is 0. The highest BCUT2D eigenvalue weighted by Gasteiger charge is 2.05. The van der Waals surface area contributed by atoms with Gasteiger partial charge in [-0.05, 0) is 13.0 Å². The van der Waals surface area contributed by atoms with E-state index in [1.54, 1.807) is 6.92 Å². The molecule has 0 aliphatic heterocycles. The molecule has 0 bridgehead atoms. The fourth-order valence-electron chi connectivity index (χ4n) is 0.249. The zero-order valence-electron chi connectivity index (χ0n) is 4.52. The van der Waals surface area contributed by atoms with E-state index in [1.165, 1.54) is 6.92 Å². The van der Waals surface area contributed by atoms with Crippen molar-refractivity contribution >= 4 is 14.1 Å². The van der Waals surface area contributed by atoms with E-state index in [4.69, 9.17) is 0 Å². The van der Waals surface area contributed by atoms with E-state index in [0.29, 0.717) is 6.04 Å². The zero-order chi connectivity index (χ0) is 5.86. The molecule has 40 valence electrons. The molecule has 0 aromatic rings. The molecular formula is C4H8O2Si. The second-order valence-electron chi connectivity index (χ2n) is 1.33. The van der Waals surface area contributed by atoms with Crippen molar-refractivity contribution in [1.82, 2.24) is 0 Å². The molecule has 0 spiro atoms. The standard InChI is InChI=1S/C4H8O2Si/c1-3-7(6)4(2)5/h3H2,1-2H3. The smallest absolute Gasteiger partial charge is 0.349 e. The van der Waals surface area contributed by atoms with Crippen LogP contribution in [-0.2, 0) is 9.26 Å². The predicted molar refractivity (Wildman–Crippen MR) is 27.6 cm³/mol. The summed E-state index contributed by atoms with van der Waals surface area (Å²) in [5.74, 6) is 0. The lowest BCUT2D eigenvalue weighted by Gasteiger charge is -1.78. The number of hydrogen-bond acceptors (Lipinski definition) is 2. The fourth-order valence-corrected chi connectivity index (χ4v) is 0.747. The topological polar surface area (TPSA) is 34.1 Å². The van der Waals surface area contributed by atoms with Crippen LogP contribution in [0.1, 0.15) is 13.8 Å². The van der Waals surface area contributed by atoms with Crippen molar-refractivity contribution in [3.8, 4) is 0 Å². The van der Waals surface area contributed by atoms with Crippen LogP contribution in [0, 0.1) is 0 Å². The van der Waals surface area contributed by atoms with Crippen molar-refractivity contribution in [2.45, 2.75) is 19.9 Å². The van der Waals surface area contributed by atoms with E-state index in [2.05, 4.69) is 0 Å². The second kappa shape index (κ2) is 2.79. The molecule has 0 aromatic carbocycles. The highest BCUT2D eigenvalue weighted by atomic mass is 28.3. The quantitative estimate of drug-likeness (QED) is 0.494. The fraction of sp³-hybridized carbons (Fsp3) is 0.750. The van der Waals surface area contributed by atoms with Crippen LogP contribution in [0.25, 0.3) is 0 Å². The van der Waals surface area contributed by atoms with Gasteiger partial charge in [0.25, 0.3) is 0 Å². The van der Waals surface area contributed by atoms with Crippen molar-refractivity contribution in [2.75, 3.05) is 0 Å². The Hall–Kier alpha value is -0.313. The number of hydrogen-bond donors (Lipinski definition) is 0. The monoisotopic (exact) mass is 116 g/mol. The Labute approximate surface area is 44.2 Å². The van der Waals surface area contributed by atoms with Gasteiger partial charge in [-0.15, -0.1) is 0 Å². The largest absolute Gasteiger partial charge is 0.379 e. The molecule has 0 radical (unpaired) electrons. The average molecular weight is 116 g/mol. The lowest BCUT2D eigenvalue weighted by atomic mass is 10.9. The Morgan fingerprint density at radius 1 is 1.71 bits per heavy atom. The first-order valence-electron chi connectivity index (χ1n) is 2.22. The molecule has 0 atom stereocenters. The van der Waals surface area contributed by atoms with Crippen LogP contribution in [0.4, 0.5) is 0 Å². The van der Waals surface area contributed by atoms with Crippen LogP contribution in [0.3, 0.4) is 0 Å². The second-order valence-corrected chi connectivity index (χ2v) is 3.59. The predicted octanol–water partition coefficient (Wildman–Crippen LogP) is 0.556. The molecule has 7 heavy (non-hydrogen) atoms. The first kappa shape index (κ1) is 6.69. The minimum absolute atomic E-state index is 0.160. The molecule has 0 rings (SSSR count). The van der Waals surface area contributed by atoms with Gasteiger partial charge in [0.05, 0.1) is 0 Å². The van der Waals surface area contributed by atoms with Gasteiger partial charge in [0.2, 0.25) is 0 Å². The molecule has 3 heteroatoms. The molecule has 0 amide bonds. The summed E-state index contributed by atoms with van der Waals surface area (Å²) < 4.78 is 10.3. The molecular weight excluding hydrogens is 108 g/mol. The van der Waals surface area contributed by atoms with Gasteiger partial charge in [-0.2, -0.15) is 0 Å². The summed E-state index contributed by atoms with van der Waals surface area (Å²) in [6, 6.07) is 0.514. The normalized spacial score (nSPS) is 8.29. The summed E-state index contributed by atoms with van der Waals surface area (Å²) in [6.45, 7) is 3.12. The van der Waals surface area contributed by atoms with Crippen molar-refractivity contribution in [2.24, 2.45) is 0 Å². The Morgan fingerprint density at radius 3 is 2.14 bits per heavy atom. The van der Waals surface area contributed by atoms with E-state index in [1.807, 2.05) is 0 Å². The summed E-state index contributed by atoms with van der Waals surface area (Å²) >= 11 is 0. The number of carbonyl (C=O) groups excluding carboxylic acids is 1. The lowest BCUT2D eigenvalue weighted by Crippen LogP contribution is -2.08. The van der Waals surface area contributed by atoms with Crippen LogP contribution < -0.4 is 0 Å². The molecule has 0 heterocycles. The minimum atomic E-state index is -1.83.